The second-order valence-corrected chi connectivity index (χ2v) is 5.73. The minimum absolute atomic E-state index is 0.815. The van der Waals surface area contributed by atoms with Gasteiger partial charge < -0.3 is 15.1 Å². The van der Waals surface area contributed by atoms with Crippen LogP contribution in [0.15, 0.2) is 18.2 Å². The van der Waals surface area contributed by atoms with Crippen LogP contribution in [0.4, 0.5) is 11.4 Å². The van der Waals surface area contributed by atoms with Crippen molar-refractivity contribution < 1.29 is 0 Å². The molecule has 3 heteroatoms. The lowest BCUT2D eigenvalue weighted by Gasteiger charge is -2.46. The summed E-state index contributed by atoms with van der Waals surface area (Å²) in [6.07, 6.45) is 4.20. The first kappa shape index (κ1) is 10.7. The van der Waals surface area contributed by atoms with Crippen LogP contribution < -0.4 is 15.1 Å². The van der Waals surface area contributed by atoms with Crippen LogP contribution in [0.3, 0.4) is 0 Å². The molecule has 18 heavy (non-hydrogen) atoms. The average Bonchev–Trinajstić information content (AvgIpc) is 2.54. The van der Waals surface area contributed by atoms with Gasteiger partial charge in [0.2, 0.25) is 0 Å². The molecule has 0 spiro atoms. The zero-order valence-electron chi connectivity index (χ0n) is 10.9. The fourth-order valence-corrected chi connectivity index (χ4v) is 3.52. The van der Waals surface area contributed by atoms with E-state index in [2.05, 4.69) is 33.3 Å². The van der Waals surface area contributed by atoms with Gasteiger partial charge in [0.05, 0.1) is 11.4 Å². The Morgan fingerprint density at radius 1 is 1.11 bits per heavy atom. The molecule has 0 aromatic heterocycles. The van der Waals surface area contributed by atoms with Crippen molar-refractivity contribution >= 4 is 11.4 Å². The molecule has 1 aromatic rings. The Morgan fingerprint density at radius 2 is 2.06 bits per heavy atom. The van der Waals surface area contributed by atoms with E-state index in [1.807, 2.05) is 0 Å². The van der Waals surface area contributed by atoms with E-state index in [9.17, 15) is 0 Å². The molecule has 1 fully saturated rings. The van der Waals surface area contributed by atoms with Crippen molar-refractivity contribution in [3.8, 4) is 0 Å². The molecule has 2 aliphatic heterocycles. The molecule has 0 radical (unpaired) electrons. The second-order valence-electron chi connectivity index (χ2n) is 5.73. The van der Waals surface area contributed by atoms with Crippen LogP contribution in [-0.2, 0) is 6.54 Å². The fourth-order valence-electron chi connectivity index (χ4n) is 3.52. The Hall–Kier alpha value is -1.22. The van der Waals surface area contributed by atoms with E-state index < -0.39 is 0 Å². The van der Waals surface area contributed by atoms with E-state index in [4.69, 9.17) is 0 Å². The molecule has 0 saturated heterocycles. The second kappa shape index (κ2) is 4.16. The van der Waals surface area contributed by atoms with Crippen molar-refractivity contribution in [2.24, 2.45) is 0 Å². The SMILES string of the molecule is c1cc2c3c(c1)N(C1CCC1)CCN3CCNC2. The van der Waals surface area contributed by atoms with Crippen molar-refractivity contribution in [3.05, 3.63) is 23.8 Å². The highest BCUT2D eigenvalue weighted by atomic mass is 15.3. The van der Waals surface area contributed by atoms with Crippen LogP contribution in [0.25, 0.3) is 0 Å². The summed E-state index contributed by atoms with van der Waals surface area (Å²) in [5, 5.41) is 3.53. The summed E-state index contributed by atoms with van der Waals surface area (Å²) in [5.41, 5.74) is 4.49. The zero-order valence-corrected chi connectivity index (χ0v) is 10.9. The van der Waals surface area contributed by atoms with E-state index in [0.29, 0.717) is 0 Å². The quantitative estimate of drug-likeness (QED) is 0.813. The maximum Gasteiger partial charge on any atom is 0.0650 e. The summed E-state index contributed by atoms with van der Waals surface area (Å²) in [4.78, 5) is 5.25. The van der Waals surface area contributed by atoms with E-state index in [-0.39, 0.29) is 0 Å². The van der Waals surface area contributed by atoms with Crippen molar-refractivity contribution in [2.45, 2.75) is 31.8 Å². The summed E-state index contributed by atoms with van der Waals surface area (Å²) in [7, 11) is 0. The van der Waals surface area contributed by atoms with Crippen LogP contribution in [0.1, 0.15) is 24.8 Å². The molecule has 4 rings (SSSR count). The lowest BCUT2D eigenvalue weighted by atomic mass is 9.90. The van der Waals surface area contributed by atoms with Gasteiger partial charge in [-0.3, -0.25) is 0 Å². The molecule has 2 heterocycles. The average molecular weight is 243 g/mol. The van der Waals surface area contributed by atoms with Crippen LogP contribution in [-0.4, -0.2) is 32.2 Å². The largest absolute Gasteiger partial charge is 0.367 e. The van der Waals surface area contributed by atoms with Crippen molar-refractivity contribution in [3.63, 3.8) is 0 Å². The first-order chi connectivity index (χ1) is 8.93. The van der Waals surface area contributed by atoms with Crippen LogP contribution in [0.5, 0.6) is 0 Å². The van der Waals surface area contributed by atoms with Crippen molar-refractivity contribution in [2.75, 3.05) is 36.0 Å². The lowest BCUT2D eigenvalue weighted by molar-refractivity contribution is 0.383. The van der Waals surface area contributed by atoms with E-state index in [1.54, 1.807) is 0 Å². The first-order valence-electron chi connectivity index (χ1n) is 7.28. The molecule has 3 aliphatic rings. The Balaban J connectivity index is 1.78. The Bertz CT molecular complexity index is 453. The third kappa shape index (κ3) is 1.53. The standard InChI is InChI=1S/C15H21N3/c1-3-12-11-16-7-8-17-9-10-18(13-4-2-5-13)14(6-1)15(12)17/h1,3,6,13,16H,2,4-5,7-11H2. The van der Waals surface area contributed by atoms with Gasteiger partial charge in [-0.1, -0.05) is 12.1 Å². The Labute approximate surface area is 109 Å². The Kier molecular flexibility index (Phi) is 2.47. The summed E-state index contributed by atoms with van der Waals surface area (Å²) in [5.74, 6) is 0. The molecule has 1 aliphatic carbocycles. The minimum Gasteiger partial charge on any atom is -0.367 e. The predicted molar refractivity (Wildman–Crippen MR) is 75.3 cm³/mol. The maximum absolute atomic E-state index is 3.53. The van der Waals surface area contributed by atoms with Crippen LogP contribution in [0, 0.1) is 0 Å². The minimum atomic E-state index is 0.815. The maximum atomic E-state index is 3.53. The van der Waals surface area contributed by atoms with Crippen molar-refractivity contribution in [1.29, 1.82) is 0 Å². The molecule has 0 amide bonds. The summed E-state index contributed by atoms with van der Waals surface area (Å²) in [6.45, 7) is 5.70. The molecule has 1 aromatic carbocycles. The monoisotopic (exact) mass is 243 g/mol. The third-order valence-electron chi connectivity index (χ3n) is 4.72. The summed E-state index contributed by atoms with van der Waals surface area (Å²) in [6, 6.07) is 7.66. The number of nitrogens with one attached hydrogen (secondary N) is 1. The number of nitrogens with zero attached hydrogens (tertiary/aromatic N) is 2. The predicted octanol–water partition coefficient (Wildman–Crippen LogP) is 1.97. The van der Waals surface area contributed by atoms with Gasteiger partial charge in [-0.25, -0.2) is 0 Å². The van der Waals surface area contributed by atoms with Gasteiger partial charge in [0, 0.05) is 38.8 Å². The summed E-state index contributed by atoms with van der Waals surface area (Å²) >= 11 is 0. The summed E-state index contributed by atoms with van der Waals surface area (Å²) < 4.78 is 0. The number of benzene rings is 1. The van der Waals surface area contributed by atoms with Crippen LogP contribution in [0.2, 0.25) is 0 Å². The highest BCUT2D eigenvalue weighted by molar-refractivity contribution is 5.77. The van der Waals surface area contributed by atoms with E-state index in [0.717, 1.165) is 25.7 Å². The normalized spacial score (nSPS) is 23.3. The molecule has 96 valence electrons. The van der Waals surface area contributed by atoms with Gasteiger partial charge in [-0.05, 0) is 30.9 Å². The highest BCUT2D eigenvalue weighted by Gasteiger charge is 2.32. The van der Waals surface area contributed by atoms with Gasteiger partial charge in [-0.15, -0.1) is 0 Å². The molecular formula is C15H21N3. The molecular weight excluding hydrogens is 222 g/mol. The molecule has 1 saturated carbocycles. The molecule has 0 atom stereocenters. The topological polar surface area (TPSA) is 18.5 Å². The first-order valence-corrected chi connectivity index (χ1v) is 7.28. The van der Waals surface area contributed by atoms with E-state index >= 15 is 0 Å². The van der Waals surface area contributed by atoms with Gasteiger partial charge in [0.25, 0.3) is 0 Å². The fraction of sp³-hybridized carbons (Fsp3) is 0.600. The van der Waals surface area contributed by atoms with Crippen LogP contribution >= 0.6 is 0 Å². The van der Waals surface area contributed by atoms with Crippen molar-refractivity contribution in [1.82, 2.24) is 5.32 Å². The lowest BCUT2D eigenvalue weighted by Crippen LogP contribution is -2.49. The Morgan fingerprint density at radius 3 is 2.89 bits per heavy atom. The number of rotatable bonds is 1. The molecule has 0 unspecified atom stereocenters. The van der Waals surface area contributed by atoms with Gasteiger partial charge in [-0.2, -0.15) is 0 Å². The number of hydrogen-bond donors (Lipinski definition) is 1. The van der Waals surface area contributed by atoms with Gasteiger partial charge in [0.1, 0.15) is 0 Å². The molecule has 0 bridgehead atoms. The number of hydrogen-bond acceptors (Lipinski definition) is 3. The van der Waals surface area contributed by atoms with E-state index in [1.165, 1.54) is 49.3 Å². The smallest absolute Gasteiger partial charge is 0.0650 e. The number of anilines is 2. The van der Waals surface area contributed by atoms with Gasteiger partial charge in [0.15, 0.2) is 0 Å². The van der Waals surface area contributed by atoms with Gasteiger partial charge >= 0.3 is 0 Å². The zero-order chi connectivity index (χ0) is 11.9. The number of para-hydroxylation sites is 1. The molecule has 1 N–H and O–H groups in total. The molecule has 3 nitrogen and oxygen atoms in total. The highest BCUT2D eigenvalue weighted by Crippen LogP contribution is 2.40. The third-order valence-corrected chi connectivity index (χ3v) is 4.72.